The molecule has 0 bridgehead atoms. The van der Waals surface area contributed by atoms with Crippen molar-refractivity contribution in [2.24, 2.45) is 0 Å². The molecule has 1 aliphatic rings. The Bertz CT molecular complexity index is 421. The number of hydrogen-bond donors (Lipinski definition) is 1. The molecule has 17 heavy (non-hydrogen) atoms. The fourth-order valence-corrected chi connectivity index (χ4v) is 2.27. The van der Waals surface area contributed by atoms with Crippen LogP contribution < -0.4 is 5.18 Å². The van der Waals surface area contributed by atoms with Crippen molar-refractivity contribution >= 4 is 11.7 Å². The third-order valence-corrected chi connectivity index (χ3v) is 3.43. The van der Waals surface area contributed by atoms with E-state index in [4.69, 9.17) is 4.74 Å². The molecule has 0 radical (unpaired) electrons. The molecule has 1 aromatic carbocycles. The first-order valence-electron chi connectivity index (χ1n) is 5.89. The van der Waals surface area contributed by atoms with Gasteiger partial charge in [-0.05, 0) is 25.3 Å². The Hall–Kier alpha value is -1.71. The van der Waals surface area contributed by atoms with Gasteiger partial charge in [-0.2, -0.15) is 0 Å². The Morgan fingerprint density at radius 3 is 2.41 bits per heavy atom. The highest BCUT2D eigenvalue weighted by atomic mass is 16.5. The molecule has 0 aliphatic heterocycles. The topological polar surface area (TPSA) is 57.3 Å². The number of nitrogens with one attached hydrogen (secondary N) is 1. The van der Waals surface area contributed by atoms with E-state index in [0.29, 0.717) is 12.3 Å². The molecule has 1 fully saturated rings. The molecule has 0 spiro atoms. The smallest absolute Gasteiger partial charge is 0.316 e. The van der Waals surface area contributed by atoms with E-state index in [0.717, 1.165) is 24.8 Å². The summed E-state index contributed by atoms with van der Waals surface area (Å²) in [6.07, 6.45) is 2.70. The summed E-state index contributed by atoms with van der Waals surface area (Å²) in [7, 11) is 0. The van der Waals surface area contributed by atoms with Crippen molar-refractivity contribution in [1.82, 2.24) is 0 Å². The van der Waals surface area contributed by atoms with Crippen LogP contribution in [0.25, 0.3) is 0 Å². The molecule has 0 amide bonds. The van der Waals surface area contributed by atoms with E-state index in [1.54, 1.807) is 12.1 Å². The van der Waals surface area contributed by atoms with Crippen LogP contribution in [0, 0.1) is 4.91 Å². The first-order chi connectivity index (χ1) is 8.23. The van der Waals surface area contributed by atoms with Gasteiger partial charge < -0.3 is 4.74 Å². The SMILES string of the molecule is CCOC(=O)C1(c2ccc([NH+]=O)cc2)CCC1. The summed E-state index contributed by atoms with van der Waals surface area (Å²) in [5.41, 5.74) is 0.977. The van der Waals surface area contributed by atoms with Crippen LogP contribution in [0.4, 0.5) is 5.69 Å². The van der Waals surface area contributed by atoms with Crippen LogP contribution in [0.3, 0.4) is 0 Å². The van der Waals surface area contributed by atoms with E-state index in [2.05, 4.69) is 0 Å². The van der Waals surface area contributed by atoms with E-state index < -0.39 is 5.41 Å². The van der Waals surface area contributed by atoms with Gasteiger partial charge in [-0.1, -0.05) is 18.6 Å². The lowest BCUT2D eigenvalue weighted by Crippen LogP contribution is -2.55. The predicted octanol–water partition coefficient (Wildman–Crippen LogP) is 1.15. The number of nitroso groups, excluding NO2 is 1. The number of rotatable bonds is 4. The summed E-state index contributed by atoms with van der Waals surface area (Å²) < 4.78 is 5.14. The van der Waals surface area contributed by atoms with Gasteiger partial charge in [0, 0.05) is 22.2 Å². The fraction of sp³-hybridized carbons (Fsp3) is 0.462. The molecule has 0 heterocycles. The Morgan fingerprint density at radius 1 is 1.35 bits per heavy atom. The molecule has 1 aliphatic carbocycles. The molecular formula is C13H16NO3+. The first kappa shape index (κ1) is 11.8. The van der Waals surface area contributed by atoms with Crippen LogP contribution in [-0.2, 0) is 14.9 Å². The maximum atomic E-state index is 12.0. The van der Waals surface area contributed by atoms with Gasteiger partial charge in [0.25, 0.3) is 5.69 Å². The fourth-order valence-electron chi connectivity index (χ4n) is 2.27. The summed E-state index contributed by atoms with van der Waals surface area (Å²) in [6.45, 7) is 2.22. The third-order valence-electron chi connectivity index (χ3n) is 3.43. The van der Waals surface area contributed by atoms with Gasteiger partial charge >= 0.3 is 5.97 Å². The largest absolute Gasteiger partial charge is 0.465 e. The lowest BCUT2D eigenvalue weighted by molar-refractivity contribution is -0.379. The van der Waals surface area contributed by atoms with Crippen molar-refractivity contribution in [1.29, 1.82) is 0 Å². The maximum Gasteiger partial charge on any atom is 0.316 e. The van der Waals surface area contributed by atoms with Crippen molar-refractivity contribution < 1.29 is 14.7 Å². The number of benzene rings is 1. The number of carbonyl (C=O) groups is 1. The van der Waals surface area contributed by atoms with E-state index >= 15 is 0 Å². The Morgan fingerprint density at radius 2 is 2.00 bits per heavy atom. The van der Waals surface area contributed by atoms with Gasteiger partial charge in [0.15, 0.2) is 0 Å². The van der Waals surface area contributed by atoms with Gasteiger partial charge in [0.1, 0.15) is 0 Å². The van der Waals surface area contributed by atoms with Crippen LogP contribution in [0.2, 0.25) is 0 Å². The van der Waals surface area contributed by atoms with E-state index in [1.807, 2.05) is 24.2 Å². The number of hydrogen-bond acceptors (Lipinski definition) is 3. The molecule has 0 unspecified atom stereocenters. The van der Waals surface area contributed by atoms with Gasteiger partial charge in [0.2, 0.25) is 0 Å². The Labute approximate surface area is 99.9 Å². The quantitative estimate of drug-likeness (QED) is 0.795. The van der Waals surface area contributed by atoms with Gasteiger partial charge in [-0.25, -0.2) is 0 Å². The van der Waals surface area contributed by atoms with Crippen molar-refractivity contribution in [3.63, 3.8) is 0 Å². The lowest BCUT2D eigenvalue weighted by atomic mass is 9.64. The zero-order valence-corrected chi connectivity index (χ0v) is 9.86. The molecule has 1 N–H and O–H groups in total. The van der Waals surface area contributed by atoms with Crippen LogP contribution in [-0.4, -0.2) is 12.6 Å². The van der Waals surface area contributed by atoms with Crippen molar-refractivity contribution in [2.75, 3.05) is 6.61 Å². The summed E-state index contributed by atoms with van der Waals surface area (Å²) in [5, 5.41) is 1.83. The standard InChI is InChI=1S/C13H15NO3/c1-2-17-12(15)13(8-3-9-13)10-4-6-11(14-16)7-5-10/h4-7H,2-3,8-9H2,1H3/p+1. The number of esters is 1. The zero-order valence-electron chi connectivity index (χ0n) is 9.86. The van der Waals surface area contributed by atoms with E-state index in [-0.39, 0.29) is 5.97 Å². The molecule has 0 aromatic heterocycles. The molecule has 1 saturated carbocycles. The minimum atomic E-state index is -0.475. The Balaban J connectivity index is 2.27. The molecule has 4 nitrogen and oxygen atoms in total. The van der Waals surface area contributed by atoms with E-state index in [9.17, 15) is 9.70 Å². The molecule has 1 aromatic rings. The summed E-state index contributed by atoms with van der Waals surface area (Å²) in [6, 6.07) is 7.05. The molecule has 2 rings (SSSR count). The number of carbonyl (C=O) groups excluding carboxylic acids is 1. The summed E-state index contributed by atoms with van der Waals surface area (Å²) in [4.78, 5) is 22.5. The minimum absolute atomic E-state index is 0.144. The highest BCUT2D eigenvalue weighted by Crippen LogP contribution is 2.44. The monoisotopic (exact) mass is 234 g/mol. The van der Waals surface area contributed by atoms with Gasteiger partial charge in [-0.3, -0.25) is 4.79 Å². The van der Waals surface area contributed by atoms with Crippen LogP contribution in [0.5, 0.6) is 0 Å². The third kappa shape index (κ3) is 1.95. The van der Waals surface area contributed by atoms with Crippen LogP contribution >= 0.6 is 0 Å². The summed E-state index contributed by atoms with van der Waals surface area (Å²) >= 11 is 0. The van der Waals surface area contributed by atoms with Gasteiger partial charge in [0.05, 0.1) is 12.0 Å². The minimum Gasteiger partial charge on any atom is -0.465 e. The van der Waals surface area contributed by atoms with Crippen LogP contribution in [0.1, 0.15) is 31.7 Å². The van der Waals surface area contributed by atoms with Crippen LogP contribution in [0.15, 0.2) is 24.3 Å². The highest BCUT2D eigenvalue weighted by molar-refractivity contribution is 5.84. The molecule has 90 valence electrons. The zero-order chi connectivity index (χ0) is 12.3. The second kappa shape index (κ2) is 4.65. The van der Waals surface area contributed by atoms with Crippen molar-refractivity contribution in [2.45, 2.75) is 31.6 Å². The number of ether oxygens (including phenoxy) is 1. The maximum absolute atomic E-state index is 12.0. The average molecular weight is 234 g/mol. The van der Waals surface area contributed by atoms with Gasteiger partial charge in [-0.15, -0.1) is 0 Å². The predicted molar refractivity (Wildman–Crippen MR) is 62.6 cm³/mol. The van der Waals surface area contributed by atoms with Crippen molar-refractivity contribution in [3.8, 4) is 0 Å². The molecular weight excluding hydrogens is 218 g/mol. The first-order valence-corrected chi connectivity index (χ1v) is 5.89. The average Bonchev–Trinajstić information content (AvgIpc) is 2.29. The molecule has 0 atom stereocenters. The molecule has 4 heteroatoms. The Kier molecular flexibility index (Phi) is 3.22. The lowest BCUT2D eigenvalue weighted by Gasteiger charge is -2.39. The normalized spacial score (nSPS) is 17.0. The second-order valence-corrected chi connectivity index (χ2v) is 4.34. The highest BCUT2D eigenvalue weighted by Gasteiger charge is 2.46. The summed E-state index contributed by atoms with van der Waals surface area (Å²) in [5.74, 6) is -0.144. The van der Waals surface area contributed by atoms with Crippen molar-refractivity contribution in [3.05, 3.63) is 34.7 Å². The van der Waals surface area contributed by atoms with E-state index in [1.165, 1.54) is 0 Å². The second-order valence-electron chi connectivity index (χ2n) is 4.34. The molecule has 0 saturated heterocycles.